The predicted molar refractivity (Wildman–Crippen MR) is 96.8 cm³/mol. The normalized spacial score (nSPS) is 18.6. The van der Waals surface area contributed by atoms with E-state index in [9.17, 15) is 19.8 Å². The first-order valence-corrected chi connectivity index (χ1v) is 8.49. The van der Waals surface area contributed by atoms with E-state index in [0.717, 1.165) is 11.1 Å². The Bertz CT molecular complexity index is 628. The van der Waals surface area contributed by atoms with Crippen molar-refractivity contribution < 1.29 is 24.5 Å². The molecule has 1 unspecified atom stereocenters. The maximum Gasteiger partial charge on any atom is 0.336 e. The van der Waals surface area contributed by atoms with Crippen LogP contribution < -0.4 is 0 Å². The highest BCUT2D eigenvalue weighted by atomic mass is 16.5. The van der Waals surface area contributed by atoms with Gasteiger partial charge in [0.15, 0.2) is 0 Å². The smallest absolute Gasteiger partial charge is 0.336 e. The van der Waals surface area contributed by atoms with Gasteiger partial charge in [-0.2, -0.15) is 0 Å². The van der Waals surface area contributed by atoms with Gasteiger partial charge in [-0.25, -0.2) is 9.59 Å². The van der Waals surface area contributed by atoms with Gasteiger partial charge in [0.1, 0.15) is 5.76 Å². The second-order valence-electron chi connectivity index (χ2n) is 6.91. The van der Waals surface area contributed by atoms with Gasteiger partial charge in [-0.15, -0.1) is 0 Å². The highest BCUT2D eigenvalue weighted by Crippen LogP contribution is 2.24. The van der Waals surface area contributed by atoms with E-state index in [0.29, 0.717) is 43.4 Å². The minimum Gasteiger partial charge on any atom is -0.478 e. The third kappa shape index (κ3) is 7.98. The van der Waals surface area contributed by atoms with Crippen molar-refractivity contribution in [2.45, 2.75) is 65.4 Å². The number of carboxylic acids is 1. The molecule has 0 fully saturated rings. The summed E-state index contributed by atoms with van der Waals surface area (Å²) in [5.74, 6) is -0.829. The summed E-state index contributed by atoms with van der Waals surface area (Å²) >= 11 is 0. The standard InChI is InChI=1S/C20H28O5/c1-14(2)7-5-8-16(19(22)23)9-6-11-20(4,24)12-10-17-15(3)13-18(21)25-17/h7,9-10,13,24H,5-6,8,11-12H2,1-4H3,(H,22,23)/b16-9-,17-10+. The molecule has 0 bridgehead atoms. The van der Waals surface area contributed by atoms with Gasteiger partial charge >= 0.3 is 11.9 Å². The number of hydrogen-bond donors (Lipinski definition) is 2. The maximum atomic E-state index is 11.3. The van der Waals surface area contributed by atoms with Crippen LogP contribution in [-0.4, -0.2) is 27.8 Å². The van der Waals surface area contributed by atoms with Crippen molar-refractivity contribution >= 4 is 11.9 Å². The van der Waals surface area contributed by atoms with Crippen LogP contribution in [0.15, 0.2) is 46.8 Å². The van der Waals surface area contributed by atoms with Crippen molar-refractivity contribution in [2.24, 2.45) is 0 Å². The monoisotopic (exact) mass is 348 g/mol. The van der Waals surface area contributed by atoms with E-state index in [2.05, 4.69) is 0 Å². The molecular formula is C20H28O5. The van der Waals surface area contributed by atoms with Gasteiger partial charge < -0.3 is 14.9 Å². The van der Waals surface area contributed by atoms with Crippen LogP contribution in [0.4, 0.5) is 0 Å². The number of allylic oxidation sites excluding steroid dienone is 4. The summed E-state index contributed by atoms with van der Waals surface area (Å²) in [6.07, 6.45) is 9.21. The molecule has 0 amide bonds. The Labute approximate surface area is 149 Å². The zero-order valence-electron chi connectivity index (χ0n) is 15.5. The van der Waals surface area contributed by atoms with Crippen LogP contribution in [0.1, 0.15) is 59.8 Å². The van der Waals surface area contributed by atoms with Crippen molar-refractivity contribution in [3.05, 3.63) is 46.8 Å². The highest BCUT2D eigenvalue weighted by molar-refractivity contribution is 5.88. The Balaban J connectivity index is 2.56. The molecule has 0 aromatic heterocycles. The SMILES string of the molecule is CC(C)=CCC/C(=C/CCC(C)(O)C/C=C1/OC(=O)C=C1C)C(=O)O. The van der Waals surface area contributed by atoms with Crippen molar-refractivity contribution in [1.82, 2.24) is 0 Å². The minimum absolute atomic E-state index is 0.328. The van der Waals surface area contributed by atoms with E-state index < -0.39 is 17.5 Å². The largest absolute Gasteiger partial charge is 0.478 e. The van der Waals surface area contributed by atoms with Gasteiger partial charge in [0.2, 0.25) is 0 Å². The van der Waals surface area contributed by atoms with E-state index in [1.807, 2.05) is 19.9 Å². The molecular weight excluding hydrogens is 320 g/mol. The molecule has 0 aliphatic carbocycles. The second kappa shape index (κ2) is 9.37. The summed E-state index contributed by atoms with van der Waals surface area (Å²) in [5, 5.41) is 19.7. The fraction of sp³-hybridized carbons (Fsp3) is 0.500. The lowest BCUT2D eigenvalue weighted by atomic mass is 9.94. The lowest BCUT2D eigenvalue weighted by Gasteiger charge is -2.21. The Hall–Kier alpha value is -2.14. The number of aliphatic carboxylic acids is 1. The number of carbonyl (C=O) groups excluding carboxylic acids is 1. The molecule has 0 aromatic rings. The predicted octanol–water partition coefficient (Wildman–Crippen LogP) is 4.05. The molecule has 1 aliphatic rings. The number of rotatable bonds is 9. The molecule has 0 radical (unpaired) electrons. The van der Waals surface area contributed by atoms with E-state index >= 15 is 0 Å². The molecule has 138 valence electrons. The average Bonchev–Trinajstić information content (AvgIpc) is 2.81. The Morgan fingerprint density at radius 2 is 1.96 bits per heavy atom. The van der Waals surface area contributed by atoms with Gasteiger partial charge in [0.25, 0.3) is 0 Å². The van der Waals surface area contributed by atoms with Crippen molar-refractivity contribution in [3.63, 3.8) is 0 Å². The van der Waals surface area contributed by atoms with Gasteiger partial charge in [-0.1, -0.05) is 17.7 Å². The number of hydrogen-bond acceptors (Lipinski definition) is 4. The number of aliphatic hydroxyl groups is 1. The quantitative estimate of drug-likeness (QED) is 0.373. The minimum atomic E-state index is -0.998. The number of esters is 1. The summed E-state index contributed by atoms with van der Waals surface area (Å²) in [6, 6.07) is 0. The van der Waals surface area contributed by atoms with E-state index in [1.54, 1.807) is 26.0 Å². The number of cyclic esters (lactones) is 1. The molecule has 1 heterocycles. The second-order valence-corrected chi connectivity index (χ2v) is 6.91. The first-order valence-electron chi connectivity index (χ1n) is 8.49. The molecule has 0 spiro atoms. The summed E-state index contributed by atoms with van der Waals surface area (Å²) in [7, 11) is 0. The molecule has 0 saturated carbocycles. The lowest BCUT2D eigenvalue weighted by Crippen LogP contribution is -2.23. The van der Waals surface area contributed by atoms with Crippen LogP contribution >= 0.6 is 0 Å². The summed E-state index contributed by atoms with van der Waals surface area (Å²) in [6.45, 7) is 7.43. The fourth-order valence-electron chi connectivity index (χ4n) is 2.45. The molecule has 1 rings (SSSR count). The zero-order valence-corrected chi connectivity index (χ0v) is 15.5. The molecule has 5 nitrogen and oxygen atoms in total. The summed E-state index contributed by atoms with van der Waals surface area (Å²) in [4.78, 5) is 22.4. The lowest BCUT2D eigenvalue weighted by molar-refractivity contribution is -0.133. The molecule has 1 aliphatic heterocycles. The van der Waals surface area contributed by atoms with Gasteiger partial charge in [0, 0.05) is 11.6 Å². The van der Waals surface area contributed by atoms with Crippen molar-refractivity contribution in [3.8, 4) is 0 Å². The van der Waals surface area contributed by atoms with Crippen LogP contribution in [0.5, 0.6) is 0 Å². The van der Waals surface area contributed by atoms with Crippen LogP contribution in [0, 0.1) is 0 Å². The number of ether oxygens (including phenoxy) is 1. The first kappa shape index (κ1) is 20.9. The van der Waals surface area contributed by atoms with Gasteiger partial charge in [-0.05, 0) is 71.4 Å². The van der Waals surface area contributed by atoms with E-state index in [1.165, 1.54) is 6.08 Å². The first-order chi connectivity index (χ1) is 11.6. The molecule has 5 heteroatoms. The topological polar surface area (TPSA) is 83.8 Å². The van der Waals surface area contributed by atoms with Gasteiger partial charge in [0.05, 0.1) is 5.60 Å². The van der Waals surface area contributed by atoms with E-state index in [-0.39, 0.29) is 0 Å². The number of carboxylic acid groups (broad SMARTS) is 1. The van der Waals surface area contributed by atoms with Crippen LogP contribution in [-0.2, 0) is 14.3 Å². The van der Waals surface area contributed by atoms with Crippen LogP contribution in [0.3, 0.4) is 0 Å². The Kier molecular flexibility index (Phi) is 7.84. The van der Waals surface area contributed by atoms with Crippen LogP contribution in [0.25, 0.3) is 0 Å². The van der Waals surface area contributed by atoms with Crippen LogP contribution in [0.2, 0.25) is 0 Å². The Morgan fingerprint density at radius 1 is 1.28 bits per heavy atom. The summed E-state index contributed by atoms with van der Waals surface area (Å²) in [5.41, 5.74) is 1.28. The maximum absolute atomic E-state index is 11.3. The molecule has 2 N–H and O–H groups in total. The van der Waals surface area contributed by atoms with E-state index in [4.69, 9.17) is 4.74 Å². The molecule has 0 aromatic carbocycles. The molecule has 25 heavy (non-hydrogen) atoms. The molecule has 1 atom stereocenters. The third-order valence-electron chi connectivity index (χ3n) is 3.98. The van der Waals surface area contributed by atoms with Gasteiger partial charge in [-0.3, -0.25) is 0 Å². The third-order valence-corrected chi connectivity index (χ3v) is 3.98. The number of carbonyl (C=O) groups is 2. The molecule has 0 saturated heterocycles. The van der Waals surface area contributed by atoms with Crippen molar-refractivity contribution in [1.29, 1.82) is 0 Å². The van der Waals surface area contributed by atoms with Crippen molar-refractivity contribution in [2.75, 3.05) is 0 Å². The summed E-state index contributed by atoms with van der Waals surface area (Å²) < 4.78 is 5.03. The highest BCUT2D eigenvalue weighted by Gasteiger charge is 2.21. The Morgan fingerprint density at radius 3 is 2.48 bits per heavy atom. The fourth-order valence-corrected chi connectivity index (χ4v) is 2.45. The zero-order chi connectivity index (χ0) is 19.0. The average molecular weight is 348 g/mol.